The zero-order chi connectivity index (χ0) is 31.3. The number of alkyl halides is 1. The van der Waals surface area contributed by atoms with Crippen LogP contribution in [0.25, 0.3) is 0 Å². The van der Waals surface area contributed by atoms with Crippen LogP contribution in [0.4, 0.5) is 5.82 Å². The van der Waals surface area contributed by atoms with E-state index in [0.29, 0.717) is 13.2 Å². The molecule has 0 saturated carbocycles. The number of hydrogen-bond donors (Lipinski definition) is 1. The summed E-state index contributed by atoms with van der Waals surface area (Å²) >= 11 is 4.26. The molecular formula is C28H54IN3O5SSi3. The Morgan fingerprint density at radius 1 is 1.12 bits per heavy atom. The Bertz CT molecular complexity index is 1110. The van der Waals surface area contributed by atoms with E-state index in [2.05, 4.69) is 117 Å². The van der Waals surface area contributed by atoms with Crippen molar-refractivity contribution >= 4 is 65.6 Å². The summed E-state index contributed by atoms with van der Waals surface area (Å²) in [5.74, 6) is 0.217. The van der Waals surface area contributed by atoms with E-state index in [9.17, 15) is 4.79 Å². The lowest BCUT2D eigenvalue weighted by molar-refractivity contribution is 0.0661. The molecule has 13 heteroatoms. The molecule has 0 bridgehead atoms. The molecule has 3 rings (SSSR count). The number of fused-ring (bicyclic) bond motifs is 1. The lowest BCUT2D eigenvalue weighted by Crippen LogP contribution is -2.65. The number of nitrogen functional groups attached to an aromatic ring is 1. The van der Waals surface area contributed by atoms with Crippen LogP contribution in [0.15, 0.2) is 17.1 Å². The highest BCUT2D eigenvalue weighted by atomic mass is 127. The van der Waals surface area contributed by atoms with Crippen LogP contribution in [0, 0.1) is 0 Å². The summed E-state index contributed by atoms with van der Waals surface area (Å²) in [6.07, 6.45) is 1.60. The van der Waals surface area contributed by atoms with E-state index in [1.807, 2.05) is 0 Å². The fourth-order valence-corrected chi connectivity index (χ4v) is 22.2. The van der Waals surface area contributed by atoms with E-state index in [1.165, 1.54) is 0 Å². The van der Waals surface area contributed by atoms with Crippen LogP contribution in [0.3, 0.4) is 0 Å². The highest BCUT2D eigenvalue weighted by molar-refractivity contribution is 14.1. The maximum Gasteiger partial charge on any atom is 0.350 e. The molecule has 4 atom stereocenters. The number of halogens is 1. The number of nitrogens with zero attached hydrogens (tertiary/aromatic N) is 2. The summed E-state index contributed by atoms with van der Waals surface area (Å²) in [6, 6.07) is 1.71. The maximum atomic E-state index is 13.5. The van der Waals surface area contributed by atoms with Crippen molar-refractivity contribution in [2.24, 2.45) is 0 Å². The van der Waals surface area contributed by atoms with Crippen molar-refractivity contribution in [1.29, 1.82) is 0 Å². The molecule has 41 heavy (non-hydrogen) atoms. The Kier molecular flexibility index (Phi) is 10.9. The second kappa shape index (κ2) is 12.6. The summed E-state index contributed by atoms with van der Waals surface area (Å²) in [5.41, 5.74) is 6.56. The summed E-state index contributed by atoms with van der Waals surface area (Å²) in [6.45, 7) is 30.1. The average molecular weight is 756 g/mol. The quantitative estimate of drug-likeness (QED) is 0.167. The van der Waals surface area contributed by atoms with Gasteiger partial charge >= 0.3 is 22.8 Å². The van der Waals surface area contributed by atoms with Crippen molar-refractivity contribution in [1.82, 2.24) is 9.55 Å². The zero-order valence-corrected chi connectivity index (χ0v) is 33.4. The van der Waals surface area contributed by atoms with Gasteiger partial charge in [-0.2, -0.15) is 4.98 Å². The van der Waals surface area contributed by atoms with Gasteiger partial charge in [-0.3, -0.25) is 4.57 Å². The molecule has 2 aliphatic rings. The van der Waals surface area contributed by atoms with Gasteiger partial charge in [-0.05, 0) is 46.4 Å². The largest absolute Gasteiger partial charge is 0.414 e. The first-order chi connectivity index (χ1) is 18.7. The van der Waals surface area contributed by atoms with Gasteiger partial charge in [-0.1, -0.05) is 98.8 Å². The third-order valence-electron chi connectivity index (χ3n) is 9.45. The lowest BCUT2D eigenvalue weighted by Gasteiger charge is -2.51. The van der Waals surface area contributed by atoms with Crippen LogP contribution in [-0.2, 0) is 22.3 Å². The standard InChI is InChI=1S/C28H54IN3O5SSi3/c1-18(2)40(19(3)4)34-16-22-24(36-41(37-40,20(5)6)21(7)8)25(29)28(38-22,17-35-39(12,13)27(9,10)11)32-15-14-23(30)31-26(32)33/h14-15,18-22,24-25H,16-17H2,1-13H3,(H2,30,31,33)/t22-,24-,25-,28-/m1/s1. The summed E-state index contributed by atoms with van der Waals surface area (Å²) in [4.78, 5) is 16.9. The van der Waals surface area contributed by atoms with Gasteiger partial charge in [-0.15, -0.1) is 11.8 Å². The molecule has 2 aliphatic heterocycles. The van der Waals surface area contributed by atoms with Crippen molar-refractivity contribution in [3.05, 3.63) is 22.7 Å². The number of rotatable bonds is 8. The van der Waals surface area contributed by atoms with Crippen molar-refractivity contribution in [3.8, 4) is 0 Å². The monoisotopic (exact) mass is 755 g/mol. The van der Waals surface area contributed by atoms with Crippen molar-refractivity contribution in [2.45, 2.75) is 137 Å². The van der Waals surface area contributed by atoms with Gasteiger partial charge < -0.3 is 23.1 Å². The molecule has 0 aromatic carbocycles. The third-order valence-corrected chi connectivity index (χ3v) is 28.0. The fraction of sp³-hybridized carbons (Fsp3) is 0.857. The van der Waals surface area contributed by atoms with E-state index in [-0.39, 0.29) is 54.0 Å². The first-order valence-electron chi connectivity index (χ1n) is 15.0. The number of aromatic nitrogens is 2. The molecule has 0 unspecified atom stereocenters. The first kappa shape index (κ1) is 35.7. The summed E-state index contributed by atoms with van der Waals surface area (Å²) < 4.78 is 30.5. The van der Waals surface area contributed by atoms with Crippen molar-refractivity contribution in [2.75, 3.05) is 18.9 Å². The maximum absolute atomic E-state index is 13.5. The second-order valence-corrected chi connectivity index (χ2v) is 31.1. The van der Waals surface area contributed by atoms with Gasteiger partial charge in [0.05, 0.1) is 28.5 Å². The van der Waals surface area contributed by atoms with Crippen molar-refractivity contribution < 1.29 is 17.4 Å². The minimum Gasteiger partial charge on any atom is -0.414 e. The van der Waals surface area contributed by atoms with Crippen LogP contribution in [-0.4, -0.2) is 63.5 Å². The third kappa shape index (κ3) is 6.49. The highest BCUT2D eigenvalue weighted by Gasteiger charge is 2.64. The Balaban J connectivity index is 2.22. The Morgan fingerprint density at radius 2 is 1.66 bits per heavy atom. The predicted octanol–water partition coefficient (Wildman–Crippen LogP) is 7.38. The summed E-state index contributed by atoms with van der Waals surface area (Å²) in [5, 5.41) is 0.0245. The SMILES string of the molecule is CC(C)[Si]1(C(C)C)OC[C@H]2S[C@@](CO[Si](C)(C)C(C)(C)C)(n3ccc(N)nc3=O)[C@H](I)[C@@H]2O[Si](C(C)C)(C(C)C)O1. The molecule has 1 aromatic heterocycles. The minimum absolute atomic E-state index is 0.00187. The molecule has 0 amide bonds. The molecule has 2 N–H and O–H groups in total. The molecule has 0 radical (unpaired) electrons. The lowest BCUT2D eigenvalue weighted by atomic mass is 10.1. The van der Waals surface area contributed by atoms with E-state index >= 15 is 0 Å². The topological polar surface area (TPSA) is 97.8 Å². The Morgan fingerprint density at radius 3 is 2.12 bits per heavy atom. The van der Waals surface area contributed by atoms with Gasteiger partial charge in [0.2, 0.25) is 0 Å². The molecule has 0 spiro atoms. The zero-order valence-electron chi connectivity index (χ0n) is 27.4. The number of nitrogens with two attached hydrogens (primary N) is 1. The molecule has 0 aliphatic carbocycles. The number of hydrogen-bond acceptors (Lipinski definition) is 8. The van der Waals surface area contributed by atoms with Gasteiger partial charge in [0.1, 0.15) is 10.7 Å². The van der Waals surface area contributed by atoms with Gasteiger partial charge in [0.25, 0.3) is 0 Å². The van der Waals surface area contributed by atoms with Gasteiger partial charge in [0, 0.05) is 6.20 Å². The normalized spacial score (nSPS) is 28.8. The molecule has 2 saturated heterocycles. The first-order valence-corrected chi connectivity index (χ1v) is 24.0. The average Bonchev–Trinajstić information content (AvgIpc) is 3.07. The summed E-state index contributed by atoms with van der Waals surface area (Å²) in [7, 11) is -7.66. The minimum atomic E-state index is -2.82. The van der Waals surface area contributed by atoms with Crippen molar-refractivity contribution in [3.63, 3.8) is 0 Å². The smallest absolute Gasteiger partial charge is 0.350 e. The molecule has 8 nitrogen and oxygen atoms in total. The van der Waals surface area contributed by atoms with E-state index < -0.39 is 30.3 Å². The van der Waals surface area contributed by atoms with Gasteiger partial charge in [-0.25, -0.2) is 4.79 Å². The molecule has 2 fully saturated rings. The fourth-order valence-electron chi connectivity index (χ4n) is 5.82. The van der Waals surface area contributed by atoms with E-state index in [4.69, 9.17) is 23.1 Å². The number of thioether (sulfide) groups is 1. The van der Waals surface area contributed by atoms with Crippen LogP contribution < -0.4 is 11.4 Å². The molecule has 1 aromatic rings. The van der Waals surface area contributed by atoms with E-state index in [1.54, 1.807) is 28.6 Å². The molecule has 236 valence electrons. The molecular weight excluding hydrogens is 702 g/mol. The predicted molar refractivity (Wildman–Crippen MR) is 187 cm³/mol. The highest BCUT2D eigenvalue weighted by Crippen LogP contribution is 2.56. The van der Waals surface area contributed by atoms with Crippen LogP contribution >= 0.6 is 34.4 Å². The van der Waals surface area contributed by atoms with Crippen LogP contribution in [0.2, 0.25) is 40.3 Å². The molecule has 3 heterocycles. The second-order valence-electron chi connectivity index (χ2n) is 14.5. The Labute approximate surface area is 269 Å². The van der Waals surface area contributed by atoms with Crippen LogP contribution in [0.5, 0.6) is 0 Å². The van der Waals surface area contributed by atoms with Crippen LogP contribution in [0.1, 0.15) is 76.2 Å². The number of anilines is 1. The van der Waals surface area contributed by atoms with Gasteiger partial charge in [0.15, 0.2) is 8.32 Å². The Hall–Kier alpha value is 0.251. The van der Waals surface area contributed by atoms with E-state index in [0.717, 1.165) is 0 Å².